The van der Waals surface area contributed by atoms with Crippen LogP contribution in [0.5, 0.6) is 0 Å². The summed E-state index contributed by atoms with van der Waals surface area (Å²) in [5.41, 5.74) is 0.196. The SMILES string of the molecule is Cc1nc(N(C)C)cc(N2CCN(C(=O)Nc3ccccc3F)CC2)n1. The van der Waals surface area contributed by atoms with Crippen molar-refractivity contribution in [3.8, 4) is 0 Å². The van der Waals surface area contributed by atoms with Crippen LogP contribution in [-0.2, 0) is 0 Å². The zero-order valence-electron chi connectivity index (χ0n) is 15.2. The number of carbonyl (C=O) groups excluding carboxylic acids is 1. The fourth-order valence-corrected chi connectivity index (χ4v) is 2.82. The number of aryl methyl sites for hydroxylation is 1. The lowest BCUT2D eigenvalue weighted by atomic mass is 10.3. The highest BCUT2D eigenvalue weighted by Crippen LogP contribution is 2.20. The second kappa shape index (κ2) is 7.55. The Balaban J connectivity index is 1.62. The molecule has 0 spiro atoms. The van der Waals surface area contributed by atoms with Gasteiger partial charge in [-0.1, -0.05) is 12.1 Å². The van der Waals surface area contributed by atoms with Crippen molar-refractivity contribution in [2.75, 3.05) is 55.4 Å². The van der Waals surface area contributed by atoms with Crippen molar-refractivity contribution in [3.63, 3.8) is 0 Å². The number of halogens is 1. The van der Waals surface area contributed by atoms with Gasteiger partial charge in [0.25, 0.3) is 0 Å². The third-order valence-electron chi connectivity index (χ3n) is 4.28. The van der Waals surface area contributed by atoms with E-state index < -0.39 is 5.82 Å². The van der Waals surface area contributed by atoms with Crippen LogP contribution in [0.2, 0.25) is 0 Å². The molecule has 7 nitrogen and oxygen atoms in total. The fraction of sp³-hybridized carbons (Fsp3) is 0.389. The summed E-state index contributed by atoms with van der Waals surface area (Å²) >= 11 is 0. The third kappa shape index (κ3) is 4.01. The Hall–Kier alpha value is -2.90. The average molecular weight is 358 g/mol. The van der Waals surface area contributed by atoms with E-state index in [9.17, 15) is 9.18 Å². The number of nitrogens with one attached hydrogen (secondary N) is 1. The molecule has 1 aliphatic rings. The number of nitrogens with zero attached hydrogens (tertiary/aromatic N) is 5. The summed E-state index contributed by atoms with van der Waals surface area (Å²) in [4.78, 5) is 27.0. The predicted molar refractivity (Wildman–Crippen MR) is 100 cm³/mol. The van der Waals surface area contributed by atoms with Gasteiger partial charge in [0.05, 0.1) is 5.69 Å². The van der Waals surface area contributed by atoms with E-state index in [2.05, 4.69) is 20.2 Å². The zero-order valence-corrected chi connectivity index (χ0v) is 15.2. The molecule has 1 aromatic heterocycles. The van der Waals surface area contributed by atoms with Crippen LogP contribution in [0.1, 0.15) is 5.82 Å². The maximum Gasteiger partial charge on any atom is 0.322 e. The van der Waals surface area contributed by atoms with Gasteiger partial charge < -0.3 is 20.0 Å². The van der Waals surface area contributed by atoms with Crippen molar-refractivity contribution in [2.45, 2.75) is 6.92 Å². The van der Waals surface area contributed by atoms with Crippen LogP contribution in [0.4, 0.5) is 26.5 Å². The smallest absolute Gasteiger partial charge is 0.322 e. The summed E-state index contributed by atoms with van der Waals surface area (Å²) in [7, 11) is 3.88. The van der Waals surface area contributed by atoms with E-state index in [0.717, 1.165) is 11.6 Å². The number of urea groups is 1. The summed E-state index contributed by atoms with van der Waals surface area (Å²) in [6.07, 6.45) is 0. The molecule has 2 heterocycles. The first-order valence-electron chi connectivity index (χ1n) is 8.52. The van der Waals surface area contributed by atoms with Crippen LogP contribution in [0, 0.1) is 12.7 Å². The lowest BCUT2D eigenvalue weighted by Crippen LogP contribution is -2.50. The van der Waals surface area contributed by atoms with Crippen LogP contribution in [0.3, 0.4) is 0 Å². The Morgan fingerprint density at radius 1 is 1.15 bits per heavy atom. The number of para-hydroxylation sites is 1. The molecular formula is C18H23FN6O. The molecule has 1 aromatic carbocycles. The van der Waals surface area contributed by atoms with Crippen LogP contribution in [-0.4, -0.2) is 61.2 Å². The Morgan fingerprint density at radius 2 is 1.85 bits per heavy atom. The number of carbonyl (C=O) groups is 1. The first-order chi connectivity index (χ1) is 12.4. The molecule has 2 aromatic rings. The molecule has 1 aliphatic heterocycles. The molecule has 1 saturated heterocycles. The Kier molecular flexibility index (Phi) is 5.20. The molecule has 26 heavy (non-hydrogen) atoms. The average Bonchev–Trinajstić information content (AvgIpc) is 2.63. The quantitative estimate of drug-likeness (QED) is 0.912. The minimum atomic E-state index is -0.438. The van der Waals surface area contributed by atoms with Crippen LogP contribution in [0.15, 0.2) is 30.3 Å². The molecule has 1 fully saturated rings. The van der Waals surface area contributed by atoms with Crippen molar-refractivity contribution < 1.29 is 9.18 Å². The molecule has 3 rings (SSSR count). The molecule has 138 valence electrons. The van der Waals surface area contributed by atoms with Gasteiger partial charge in [0.15, 0.2) is 0 Å². The van der Waals surface area contributed by atoms with Crippen LogP contribution < -0.4 is 15.1 Å². The summed E-state index contributed by atoms with van der Waals surface area (Å²) in [5.74, 6) is 1.99. The second-order valence-electron chi connectivity index (χ2n) is 6.41. The molecule has 0 bridgehead atoms. The van der Waals surface area contributed by atoms with Gasteiger partial charge in [-0.15, -0.1) is 0 Å². The Morgan fingerprint density at radius 3 is 2.50 bits per heavy atom. The number of rotatable bonds is 3. The van der Waals surface area contributed by atoms with Crippen molar-refractivity contribution >= 4 is 23.4 Å². The number of hydrogen-bond acceptors (Lipinski definition) is 5. The van der Waals surface area contributed by atoms with Gasteiger partial charge in [-0.3, -0.25) is 0 Å². The minimum absolute atomic E-state index is 0.196. The van der Waals surface area contributed by atoms with Gasteiger partial charge in [-0.25, -0.2) is 19.2 Å². The van der Waals surface area contributed by atoms with Gasteiger partial charge in [0.1, 0.15) is 23.3 Å². The van der Waals surface area contributed by atoms with E-state index in [1.165, 1.54) is 6.07 Å². The summed E-state index contributed by atoms with van der Waals surface area (Å²) in [6.45, 7) is 4.28. The van der Waals surface area contributed by atoms with E-state index in [1.54, 1.807) is 23.1 Å². The van der Waals surface area contributed by atoms with Gasteiger partial charge in [0, 0.05) is 46.3 Å². The molecule has 2 amide bonds. The lowest BCUT2D eigenvalue weighted by Gasteiger charge is -2.35. The van der Waals surface area contributed by atoms with E-state index >= 15 is 0 Å². The standard InChI is InChI=1S/C18H23FN6O/c1-13-20-16(23(2)3)12-17(21-13)24-8-10-25(11-9-24)18(26)22-15-7-5-4-6-14(15)19/h4-7,12H,8-11H2,1-3H3,(H,22,26). The molecule has 0 aliphatic carbocycles. The summed E-state index contributed by atoms with van der Waals surface area (Å²) in [6, 6.07) is 7.82. The lowest BCUT2D eigenvalue weighted by molar-refractivity contribution is 0.208. The molecule has 0 radical (unpaired) electrons. The van der Waals surface area contributed by atoms with Gasteiger partial charge in [0.2, 0.25) is 0 Å². The topological polar surface area (TPSA) is 64.6 Å². The number of aromatic nitrogens is 2. The first-order valence-corrected chi connectivity index (χ1v) is 8.52. The normalized spacial score (nSPS) is 14.3. The molecule has 0 unspecified atom stereocenters. The number of piperazine rings is 1. The summed E-state index contributed by atoms with van der Waals surface area (Å²) in [5, 5.41) is 2.63. The molecule has 1 N–H and O–H groups in total. The monoisotopic (exact) mass is 358 g/mol. The highest BCUT2D eigenvalue weighted by Gasteiger charge is 2.23. The van der Waals surface area contributed by atoms with Crippen molar-refractivity contribution in [3.05, 3.63) is 42.0 Å². The van der Waals surface area contributed by atoms with Crippen molar-refractivity contribution in [1.29, 1.82) is 0 Å². The van der Waals surface area contributed by atoms with E-state index in [4.69, 9.17) is 0 Å². The van der Waals surface area contributed by atoms with E-state index in [-0.39, 0.29) is 11.7 Å². The number of anilines is 3. The highest BCUT2D eigenvalue weighted by atomic mass is 19.1. The highest BCUT2D eigenvalue weighted by molar-refractivity contribution is 5.89. The van der Waals surface area contributed by atoms with Crippen LogP contribution >= 0.6 is 0 Å². The zero-order chi connectivity index (χ0) is 18.7. The van der Waals surface area contributed by atoms with Crippen molar-refractivity contribution in [2.24, 2.45) is 0 Å². The largest absolute Gasteiger partial charge is 0.363 e. The molecule has 8 heteroatoms. The maximum absolute atomic E-state index is 13.7. The minimum Gasteiger partial charge on any atom is -0.363 e. The Bertz CT molecular complexity index is 789. The maximum atomic E-state index is 13.7. The molecular weight excluding hydrogens is 335 g/mol. The molecule has 0 saturated carbocycles. The van der Waals surface area contributed by atoms with Crippen LogP contribution in [0.25, 0.3) is 0 Å². The Labute approximate surface area is 152 Å². The second-order valence-corrected chi connectivity index (χ2v) is 6.41. The fourth-order valence-electron chi connectivity index (χ4n) is 2.82. The number of hydrogen-bond donors (Lipinski definition) is 1. The van der Waals surface area contributed by atoms with Gasteiger partial charge >= 0.3 is 6.03 Å². The van der Waals surface area contributed by atoms with Crippen molar-refractivity contribution in [1.82, 2.24) is 14.9 Å². The number of amides is 2. The number of benzene rings is 1. The predicted octanol–water partition coefficient (Wildman–Crippen LogP) is 2.34. The summed E-state index contributed by atoms with van der Waals surface area (Å²) < 4.78 is 13.7. The molecule has 0 atom stereocenters. The van der Waals surface area contributed by atoms with Gasteiger partial charge in [-0.05, 0) is 19.1 Å². The van der Waals surface area contributed by atoms with E-state index in [1.807, 2.05) is 32.0 Å². The first kappa shape index (κ1) is 17.9. The van der Waals surface area contributed by atoms with E-state index in [0.29, 0.717) is 32.0 Å². The third-order valence-corrected chi connectivity index (χ3v) is 4.28. The van der Waals surface area contributed by atoms with Gasteiger partial charge in [-0.2, -0.15) is 0 Å².